The molecule has 15 heavy (non-hydrogen) atoms. The average molecular weight is 203 g/mol. The van der Waals surface area contributed by atoms with Gasteiger partial charge >= 0.3 is 0 Å². The van der Waals surface area contributed by atoms with Gasteiger partial charge in [0.2, 0.25) is 0 Å². The zero-order chi connectivity index (χ0) is 10.3. The zero-order valence-corrected chi connectivity index (χ0v) is 9.21. The van der Waals surface area contributed by atoms with Crippen LogP contribution in [0.15, 0.2) is 0 Å². The van der Waals surface area contributed by atoms with E-state index in [2.05, 4.69) is 17.2 Å². The van der Waals surface area contributed by atoms with Crippen LogP contribution in [0.3, 0.4) is 0 Å². The number of nitrogens with one attached hydrogen (secondary N) is 1. The number of hydrogen-bond donors (Lipinski definition) is 1. The Balaban J connectivity index is 2.00. The van der Waals surface area contributed by atoms with Crippen LogP contribution in [-0.4, -0.2) is 16.5 Å². The van der Waals surface area contributed by atoms with Gasteiger partial charge in [0.25, 0.3) is 0 Å². The third-order valence-corrected chi connectivity index (χ3v) is 3.63. The van der Waals surface area contributed by atoms with Crippen LogP contribution in [0.4, 0.5) is 0 Å². The van der Waals surface area contributed by atoms with E-state index >= 15 is 0 Å². The average Bonchev–Trinajstić information content (AvgIpc) is 2.15. The predicted molar refractivity (Wildman–Crippen MR) is 58.8 cm³/mol. The van der Waals surface area contributed by atoms with E-state index < -0.39 is 0 Å². The Morgan fingerprint density at radius 1 is 1.27 bits per heavy atom. The third-order valence-electron chi connectivity index (χ3n) is 3.63. The summed E-state index contributed by atoms with van der Waals surface area (Å²) >= 11 is 0. The van der Waals surface area contributed by atoms with Gasteiger partial charge in [-0.3, -0.25) is 0 Å². The van der Waals surface area contributed by atoms with E-state index in [0.717, 1.165) is 25.3 Å². The fraction of sp³-hybridized carbons (Fsp3) is 0.667. The molecule has 0 spiro atoms. The summed E-state index contributed by atoms with van der Waals surface area (Å²) in [5.74, 6) is 1.75. The number of aromatic nitrogens is 2. The van der Waals surface area contributed by atoms with Crippen molar-refractivity contribution in [2.75, 3.05) is 6.54 Å². The van der Waals surface area contributed by atoms with Gasteiger partial charge in [-0.15, -0.1) is 0 Å². The second kappa shape index (κ2) is 3.56. The van der Waals surface area contributed by atoms with Crippen molar-refractivity contribution in [3.8, 4) is 0 Å². The molecule has 1 aliphatic carbocycles. The second-order valence-electron chi connectivity index (χ2n) is 4.65. The van der Waals surface area contributed by atoms with Gasteiger partial charge in [-0.25, -0.2) is 9.97 Å². The molecule has 80 valence electrons. The van der Waals surface area contributed by atoms with Crippen LogP contribution >= 0.6 is 0 Å². The van der Waals surface area contributed by atoms with Crippen LogP contribution in [-0.2, 0) is 13.0 Å². The molecule has 0 bridgehead atoms. The Morgan fingerprint density at radius 3 is 2.87 bits per heavy atom. The fourth-order valence-electron chi connectivity index (χ4n) is 2.42. The van der Waals surface area contributed by atoms with Gasteiger partial charge in [-0.2, -0.15) is 0 Å². The normalized spacial score (nSPS) is 20.9. The van der Waals surface area contributed by atoms with Gasteiger partial charge in [0, 0.05) is 18.2 Å². The molecule has 1 aromatic heterocycles. The monoisotopic (exact) mass is 203 g/mol. The Morgan fingerprint density at radius 2 is 2.13 bits per heavy atom. The van der Waals surface area contributed by atoms with E-state index in [9.17, 15) is 0 Å². The molecule has 0 amide bonds. The minimum atomic E-state index is 0.649. The van der Waals surface area contributed by atoms with Gasteiger partial charge < -0.3 is 5.32 Å². The summed E-state index contributed by atoms with van der Waals surface area (Å²) in [5, 5.41) is 3.38. The topological polar surface area (TPSA) is 37.8 Å². The van der Waals surface area contributed by atoms with Crippen molar-refractivity contribution in [3.63, 3.8) is 0 Å². The molecule has 0 aromatic carbocycles. The van der Waals surface area contributed by atoms with Crippen molar-refractivity contribution < 1.29 is 0 Å². The number of nitrogens with zero attached hydrogens (tertiary/aromatic N) is 2. The Hall–Kier alpha value is -0.960. The van der Waals surface area contributed by atoms with Gasteiger partial charge in [0.05, 0.1) is 5.69 Å². The molecule has 3 nitrogen and oxygen atoms in total. The van der Waals surface area contributed by atoms with Gasteiger partial charge in [0.1, 0.15) is 5.82 Å². The molecule has 1 aromatic rings. The summed E-state index contributed by atoms with van der Waals surface area (Å²) in [4.78, 5) is 9.39. The maximum atomic E-state index is 4.72. The molecule has 0 unspecified atom stereocenters. The van der Waals surface area contributed by atoms with E-state index in [4.69, 9.17) is 4.98 Å². The number of aryl methyl sites for hydroxylation is 1. The first-order chi connectivity index (χ1) is 7.34. The standard InChI is InChI=1S/C12H17N3/c1-8-10-5-6-13-7-11(10)15-12(14-8)9-3-2-4-9/h9,13H,2-7H2,1H3. The molecule has 1 saturated carbocycles. The molecule has 2 aliphatic rings. The third kappa shape index (κ3) is 1.55. The molecule has 1 aliphatic heterocycles. The molecule has 3 heteroatoms. The van der Waals surface area contributed by atoms with E-state index in [1.807, 2.05) is 0 Å². The maximum absolute atomic E-state index is 4.72. The molecule has 2 heterocycles. The van der Waals surface area contributed by atoms with Crippen LogP contribution in [0.1, 0.15) is 48.0 Å². The minimum Gasteiger partial charge on any atom is -0.311 e. The van der Waals surface area contributed by atoms with Crippen molar-refractivity contribution in [1.82, 2.24) is 15.3 Å². The molecule has 0 radical (unpaired) electrons. The SMILES string of the molecule is Cc1nc(C2CCC2)nc2c1CCNC2. The lowest BCUT2D eigenvalue weighted by molar-refractivity contribution is 0.397. The largest absolute Gasteiger partial charge is 0.311 e. The highest BCUT2D eigenvalue weighted by molar-refractivity contribution is 5.28. The Labute approximate surface area is 90.3 Å². The lowest BCUT2D eigenvalue weighted by atomic mass is 9.84. The molecular formula is C12H17N3. The van der Waals surface area contributed by atoms with E-state index in [-0.39, 0.29) is 0 Å². The van der Waals surface area contributed by atoms with Crippen molar-refractivity contribution in [2.45, 2.75) is 45.1 Å². The van der Waals surface area contributed by atoms with Crippen LogP contribution in [0.2, 0.25) is 0 Å². The van der Waals surface area contributed by atoms with Gasteiger partial charge in [-0.1, -0.05) is 6.42 Å². The highest BCUT2D eigenvalue weighted by atomic mass is 15.0. The molecule has 0 saturated heterocycles. The Kier molecular flexibility index (Phi) is 2.20. The van der Waals surface area contributed by atoms with Crippen molar-refractivity contribution >= 4 is 0 Å². The molecule has 1 N–H and O–H groups in total. The highest BCUT2D eigenvalue weighted by Crippen LogP contribution is 2.35. The predicted octanol–water partition coefficient (Wildman–Crippen LogP) is 1.70. The van der Waals surface area contributed by atoms with Crippen molar-refractivity contribution in [3.05, 3.63) is 22.8 Å². The summed E-state index contributed by atoms with van der Waals surface area (Å²) in [5.41, 5.74) is 3.84. The number of hydrogen-bond acceptors (Lipinski definition) is 3. The van der Waals surface area contributed by atoms with Crippen molar-refractivity contribution in [2.24, 2.45) is 0 Å². The summed E-state index contributed by atoms with van der Waals surface area (Å²) in [6.07, 6.45) is 5.01. The van der Waals surface area contributed by atoms with Crippen LogP contribution in [0.25, 0.3) is 0 Å². The van der Waals surface area contributed by atoms with Crippen LogP contribution in [0.5, 0.6) is 0 Å². The van der Waals surface area contributed by atoms with Crippen LogP contribution < -0.4 is 5.32 Å². The fourth-order valence-corrected chi connectivity index (χ4v) is 2.42. The second-order valence-corrected chi connectivity index (χ2v) is 4.65. The summed E-state index contributed by atoms with van der Waals surface area (Å²) in [6.45, 7) is 4.13. The molecule has 0 atom stereocenters. The smallest absolute Gasteiger partial charge is 0.132 e. The summed E-state index contributed by atoms with van der Waals surface area (Å²) in [7, 11) is 0. The first-order valence-electron chi connectivity index (χ1n) is 5.91. The highest BCUT2D eigenvalue weighted by Gasteiger charge is 2.24. The number of rotatable bonds is 1. The van der Waals surface area contributed by atoms with E-state index in [0.29, 0.717) is 5.92 Å². The lowest BCUT2D eigenvalue weighted by Crippen LogP contribution is -2.27. The van der Waals surface area contributed by atoms with E-state index in [1.54, 1.807) is 0 Å². The number of fused-ring (bicyclic) bond motifs is 1. The summed E-state index contributed by atoms with van der Waals surface area (Å²) in [6, 6.07) is 0. The first-order valence-corrected chi connectivity index (χ1v) is 5.91. The van der Waals surface area contributed by atoms with Crippen LogP contribution in [0, 0.1) is 6.92 Å². The van der Waals surface area contributed by atoms with E-state index in [1.165, 1.54) is 36.2 Å². The van der Waals surface area contributed by atoms with Gasteiger partial charge in [0.15, 0.2) is 0 Å². The molecule has 1 fully saturated rings. The quantitative estimate of drug-likeness (QED) is 0.755. The lowest BCUT2D eigenvalue weighted by Gasteiger charge is -2.26. The maximum Gasteiger partial charge on any atom is 0.132 e. The zero-order valence-electron chi connectivity index (χ0n) is 9.21. The van der Waals surface area contributed by atoms with Gasteiger partial charge in [-0.05, 0) is 38.3 Å². The molecular weight excluding hydrogens is 186 g/mol. The molecule has 3 rings (SSSR count). The minimum absolute atomic E-state index is 0.649. The first kappa shape index (κ1) is 9.28. The Bertz CT molecular complexity index is 383. The summed E-state index contributed by atoms with van der Waals surface area (Å²) < 4.78 is 0. The van der Waals surface area contributed by atoms with Crippen molar-refractivity contribution in [1.29, 1.82) is 0 Å².